The second kappa shape index (κ2) is 10.0. The standard InChI is InChI=1S/C23H28FN5O4/c1-3-5-17(18-6-4-8-25-22(18)33-16-7-13-32-15-16)20-26-21(19(24)14-27(20)2)28-9-11-29(12-10-28)23(30)31/h3-6,8,14,16H,7,9-13,15H2,1-2H3,(H,30,31)/b5-3+,20-17+. The molecule has 0 radical (unpaired) electrons. The first kappa shape index (κ1) is 22.8. The lowest BCUT2D eigenvalue weighted by Gasteiger charge is -2.36. The van der Waals surface area contributed by atoms with Gasteiger partial charge in [-0.15, -0.1) is 0 Å². The Morgan fingerprint density at radius 3 is 2.79 bits per heavy atom. The Bertz CT molecular complexity index is 1010. The van der Waals surface area contributed by atoms with Crippen molar-refractivity contribution in [2.45, 2.75) is 19.4 Å². The monoisotopic (exact) mass is 457 g/mol. The Kier molecular flexibility index (Phi) is 6.93. The SMILES string of the molecule is C/C=C/C(=C1/N=C(N2CCN(C(=O)O)CC2)C(F)=CN1C)c1cccnc1OC1CCOC1. The molecule has 0 saturated carbocycles. The molecule has 176 valence electrons. The average molecular weight is 458 g/mol. The third kappa shape index (κ3) is 5.00. The molecular weight excluding hydrogens is 429 g/mol. The summed E-state index contributed by atoms with van der Waals surface area (Å²) < 4.78 is 26.5. The van der Waals surface area contributed by atoms with E-state index in [2.05, 4.69) is 9.98 Å². The van der Waals surface area contributed by atoms with Gasteiger partial charge in [-0.05, 0) is 19.1 Å². The molecule has 0 aliphatic carbocycles. The Hall–Kier alpha value is -3.40. The maximum absolute atomic E-state index is 14.9. The number of allylic oxidation sites excluding steroid dienone is 3. The van der Waals surface area contributed by atoms with E-state index in [1.807, 2.05) is 31.2 Å². The van der Waals surface area contributed by atoms with Crippen LogP contribution in [0.5, 0.6) is 5.88 Å². The fraction of sp³-hybridized carbons (Fsp3) is 0.435. The van der Waals surface area contributed by atoms with E-state index in [0.29, 0.717) is 51.1 Å². The molecule has 33 heavy (non-hydrogen) atoms. The maximum atomic E-state index is 14.9. The molecule has 4 rings (SSSR count). The number of hydrogen-bond acceptors (Lipinski definition) is 7. The van der Waals surface area contributed by atoms with Crippen LogP contribution in [0.4, 0.5) is 9.18 Å². The molecule has 1 amide bonds. The highest BCUT2D eigenvalue weighted by atomic mass is 19.1. The Morgan fingerprint density at radius 2 is 2.12 bits per heavy atom. The quantitative estimate of drug-likeness (QED) is 0.743. The summed E-state index contributed by atoms with van der Waals surface area (Å²) in [5.74, 6) is 0.760. The van der Waals surface area contributed by atoms with Crippen LogP contribution in [0, 0.1) is 0 Å². The van der Waals surface area contributed by atoms with Crippen LogP contribution in [0.1, 0.15) is 18.9 Å². The zero-order chi connectivity index (χ0) is 23.4. The molecule has 10 heteroatoms. The van der Waals surface area contributed by atoms with Crippen molar-refractivity contribution in [3.8, 4) is 5.88 Å². The highest BCUT2D eigenvalue weighted by Gasteiger charge is 2.29. The summed E-state index contributed by atoms with van der Waals surface area (Å²) in [5.41, 5.74) is 1.49. The van der Waals surface area contributed by atoms with Crippen LogP contribution >= 0.6 is 0 Å². The van der Waals surface area contributed by atoms with E-state index in [-0.39, 0.29) is 11.9 Å². The van der Waals surface area contributed by atoms with Gasteiger partial charge in [-0.25, -0.2) is 19.2 Å². The van der Waals surface area contributed by atoms with Gasteiger partial charge in [0.25, 0.3) is 0 Å². The number of aromatic nitrogens is 1. The normalized spacial score (nSPS) is 23.0. The highest BCUT2D eigenvalue weighted by molar-refractivity contribution is 5.99. The number of nitrogens with zero attached hydrogens (tertiary/aromatic N) is 5. The van der Waals surface area contributed by atoms with Crippen molar-refractivity contribution >= 4 is 17.5 Å². The van der Waals surface area contributed by atoms with Crippen molar-refractivity contribution in [3.05, 3.63) is 53.9 Å². The molecule has 1 aromatic rings. The third-order valence-corrected chi connectivity index (χ3v) is 5.72. The van der Waals surface area contributed by atoms with E-state index in [4.69, 9.17) is 9.47 Å². The largest absolute Gasteiger partial charge is 0.471 e. The molecule has 0 spiro atoms. The van der Waals surface area contributed by atoms with E-state index in [0.717, 1.165) is 17.6 Å². The van der Waals surface area contributed by atoms with E-state index < -0.39 is 11.9 Å². The summed E-state index contributed by atoms with van der Waals surface area (Å²) in [6, 6.07) is 3.73. The molecule has 1 atom stereocenters. The van der Waals surface area contributed by atoms with Crippen LogP contribution in [-0.2, 0) is 4.74 Å². The van der Waals surface area contributed by atoms with Gasteiger partial charge in [0, 0.05) is 63.2 Å². The molecule has 2 saturated heterocycles. The minimum absolute atomic E-state index is 0.0680. The van der Waals surface area contributed by atoms with Gasteiger partial charge in [-0.1, -0.05) is 12.2 Å². The number of aliphatic imine (C=N–C) groups is 1. The Morgan fingerprint density at radius 1 is 1.33 bits per heavy atom. The Balaban J connectivity index is 1.71. The first-order valence-electron chi connectivity index (χ1n) is 11.0. The van der Waals surface area contributed by atoms with Gasteiger partial charge in [-0.2, -0.15) is 0 Å². The fourth-order valence-electron chi connectivity index (χ4n) is 4.01. The predicted molar refractivity (Wildman–Crippen MR) is 121 cm³/mol. The molecule has 0 bridgehead atoms. The highest BCUT2D eigenvalue weighted by Crippen LogP contribution is 2.33. The van der Waals surface area contributed by atoms with Crippen LogP contribution in [0.25, 0.3) is 5.57 Å². The minimum atomic E-state index is -0.969. The lowest BCUT2D eigenvalue weighted by Crippen LogP contribution is -2.51. The van der Waals surface area contributed by atoms with Gasteiger partial charge in [-0.3, -0.25) is 0 Å². The lowest BCUT2D eigenvalue weighted by atomic mass is 10.1. The second-order valence-corrected chi connectivity index (χ2v) is 7.98. The molecule has 9 nitrogen and oxygen atoms in total. The van der Waals surface area contributed by atoms with Crippen molar-refractivity contribution in [1.29, 1.82) is 0 Å². The summed E-state index contributed by atoms with van der Waals surface area (Å²) in [4.78, 5) is 25.1. The van der Waals surface area contributed by atoms with Crippen LogP contribution in [-0.4, -0.2) is 89.3 Å². The number of carboxylic acid groups (broad SMARTS) is 1. The molecule has 3 aliphatic rings. The number of amides is 1. The average Bonchev–Trinajstić information content (AvgIpc) is 3.32. The summed E-state index contributed by atoms with van der Waals surface area (Å²) >= 11 is 0. The van der Waals surface area contributed by atoms with Gasteiger partial charge in [0.05, 0.1) is 13.2 Å². The van der Waals surface area contributed by atoms with E-state index in [1.54, 1.807) is 23.0 Å². The maximum Gasteiger partial charge on any atom is 0.407 e. The number of ether oxygens (including phenoxy) is 2. The van der Waals surface area contributed by atoms with Crippen molar-refractivity contribution < 1.29 is 23.8 Å². The van der Waals surface area contributed by atoms with Crippen molar-refractivity contribution in [1.82, 2.24) is 19.7 Å². The van der Waals surface area contributed by atoms with E-state index >= 15 is 0 Å². The summed E-state index contributed by atoms with van der Waals surface area (Å²) in [5, 5.41) is 9.19. The van der Waals surface area contributed by atoms with Crippen LogP contribution in [0.15, 0.2) is 53.3 Å². The minimum Gasteiger partial charge on any atom is -0.471 e. The zero-order valence-electron chi connectivity index (χ0n) is 18.8. The number of rotatable bonds is 4. The molecule has 1 aromatic heterocycles. The zero-order valence-corrected chi connectivity index (χ0v) is 18.8. The van der Waals surface area contributed by atoms with E-state index in [9.17, 15) is 14.3 Å². The number of pyridine rings is 1. The lowest BCUT2D eigenvalue weighted by molar-refractivity contribution is 0.124. The third-order valence-electron chi connectivity index (χ3n) is 5.72. The number of halogens is 1. The van der Waals surface area contributed by atoms with Crippen molar-refractivity contribution in [3.63, 3.8) is 0 Å². The van der Waals surface area contributed by atoms with Gasteiger partial charge >= 0.3 is 6.09 Å². The smallest absolute Gasteiger partial charge is 0.407 e. The van der Waals surface area contributed by atoms with Crippen molar-refractivity contribution in [2.75, 3.05) is 46.4 Å². The summed E-state index contributed by atoms with van der Waals surface area (Å²) in [6.45, 7) is 4.40. The second-order valence-electron chi connectivity index (χ2n) is 7.98. The molecule has 1 N–H and O–H groups in total. The van der Waals surface area contributed by atoms with Gasteiger partial charge in [0.15, 0.2) is 11.7 Å². The molecule has 0 aromatic carbocycles. The number of carbonyl (C=O) groups is 1. The van der Waals surface area contributed by atoms with E-state index in [1.165, 1.54) is 11.1 Å². The molecule has 3 aliphatic heterocycles. The molecular formula is C23H28FN5O4. The fourth-order valence-corrected chi connectivity index (χ4v) is 4.01. The first-order valence-corrected chi connectivity index (χ1v) is 11.0. The first-order chi connectivity index (χ1) is 16.0. The molecule has 1 unspecified atom stereocenters. The number of hydrogen-bond donors (Lipinski definition) is 1. The van der Waals surface area contributed by atoms with Crippen LogP contribution in [0.2, 0.25) is 0 Å². The van der Waals surface area contributed by atoms with Gasteiger partial charge in [0.2, 0.25) is 5.88 Å². The molecule has 4 heterocycles. The van der Waals surface area contributed by atoms with Crippen LogP contribution < -0.4 is 4.74 Å². The summed E-state index contributed by atoms with van der Waals surface area (Å²) in [7, 11) is 1.74. The topological polar surface area (TPSA) is 90.7 Å². The van der Waals surface area contributed by atoms with Crippen molar-refractivity contribution in [2.24, 2.45) is 4.99 Å². The summed E-state index contributed by atoms with van der Waals surface area (Å²) in [6.07, 6.45) is 6.62. The number of piperazine rings is 1. The predicted octanol–water partition coefficient (Wildman–Crippen LogP) is 2.94. The van der Waals surface area contributed by atoms with Crippen LogP contribution in [0.3, 0.4) is 0 Å². The van der Waals surface area contributed by atoms with Gasteiger partial charge in [0.1, 0.15) is 11.9 Å². The number of amidine groups is 1. The Labute approximate surface area is 192 Å². The van der Waals surface area contributed by atoms with Gasteiger partial charge < -0.3 is 29.3 Å². The molecule has 2 fully saturated rings.